The number of amides is 4. The van der Waals surface area contributed by atoms with Crippen molar-refractivity contribution in [1.82, 2.24) is 30.2 Å². The highest BCUT2D eigenvalue weighted by atomic mass is 32.2. The second kappa shape index (κ2) is 15.6. The second-order valence-electron chi connectivity index (χ2n) is 15.9. The Bertz CT molecular complexity index is 2060. The molecule has 4 amide bonds. The van der Waals surface area contributed by atoms with Gasteiger partial charge < -0.3 is 29.7 Å². The van der Waals surface area contributed by atoms with E-state index in [9.17, 15) is 40.8 Å². The molecule has 2 aliphatic heterocycles. The molecule has 310 valence electrons. The van der Waals surface area contributed by atoms with Gasteiger partial charge in [-0.1, -0.05) is 25.0 Å². The lowest BCUT2D eigenvalue weighted by molar-refractivity contribution is -0.143. The van der Waals surface area contributed by atoms with Gasteiger partial charge in [0.2, 0.25) is 33.4 Å². The summed E-state index contributed by atoms with van der Waals surface area (Å²) < 4.78 is 87.2. The van der Waals surface area contributed by atoms with E-state index in [1.54, 1.807) is 6.08 Å². The highest BCUT2D eigenvalue weighted by Gasteiger charge is 2.63. The van der Waals surface area contributed by atoms with Crippen molar-refractivity contribution >= 4 is 44.9 Å². The lowest BCUT2D eigenvalue weighted by Crippen LogP contribution is -2.58. The zero-order valence-corrected chi connectivity index (χ0v) is 32.5. The SMILES string of the molecule is COc1ccc2nc(C(F)(F)F)c(O[C@@H]3C[C@H]4C(=O)N[C@]5(C(=O)NS(=O)(=O)C6(C)CC6)CC5/C=C\CCCCC[C@H](NC(=O)OC5CCCC5)C(=O)N4C3)nc2c1. The number of carbonyl (C=O) groups is 4. The summed E-state index contributed by atoms with van der Waals surface area (Å²) in [6, 6.07) is 1.58. The van der Waals surface area contributed by atoms with Crippen LogP contribution < -0.4 is 24.8 Å². The van der Waals surface area contributed by atoms with Gasteiger partial charge in [-0.15, -0.1) is 0 Å². The normalized spacial score (nSPS) is 28.5. The number of allylic oxidation sites excluding steroid dienone is 1. The minimum atomic E-state index is -4.99. The number of ether oxygens (including phenoxy) is 3. The average Bonchev–Trinajstić information content (AvgIpc) is 3.93. The number of nitrogens with one attached hydrogen (secondary N) is 3. The third kappa shape index (κ3) is 8.62. The van der Waals surface area contributed by atoms with Crippen LogP contribution in [0.2, 0.25) is 0 Å². The number of rotatable bonds is 8. The first-order chi connectivity index (χ1) is 27.0. The summed E-state index contributed by atoms with van der Waals surface area (Å²) in [7, 11) is -2.70. The fourth-order valence-electron chi connectivity index (χ4n) is 7.85. The lowest BCUT2D eigenvalue weighted by atomic mass is 10.0. The fraction of sp³-hybridized carbons (Fsp3) is 0.632. The van der Waals surface area contributed by atoms with Crippen molar-refractivity contribution in [3.8, 4) is 11.6 Å². The number of halogens is 3. The lowest BCUT2D eigenvalue weighted by Gasteiger charge is -2.30. The summed E-state index contributed by atoms with van der Waals surface area (Å²) in [5.74, 6) is -3.59. The molecule has 3 N–H and O–H groups in total. The Balaban J connectivity index is 1.21. The molecule has 5 aliphatic rings. The van der Waals surface area contributed by atoms with E-state index < -0.39 is 92.5 Å². The van der Waals surface area contributed by atoms with E-state index in [0.717, 1.165) is 17.7 Å². The number of benzene rings is 1. The van der Waals surface area contributed by atoms with E-state index in [-0.39, 0.29) is 36.4 Å². The fourth-order valence-corrected chi connectivity index (χ4v) is 9.16. The van der Waals surface area contributed by atoms with Crippen LogP contribution in [0.4, 0.5) is 18.0 Å². The van der Waals surface area contributed by atoms with Gasteiger partial charge in [0, 0.05) is 18.4 Å². The number of alkyl carbamates (subject to hydrolysis) is 1. The maximum atomic E-state index is 14.5. The molecule has 1 unspecified atom stereocenters. The zero-order chi connectivity index (χ0) is 40.8. The van der Waals surface area contributed by atoms with E-state index in [1.165, 1.54) is 32.2 Å². The number of methoxy groups -OCH3 is 1. The number of aromatic nitrogens is 2. The Morgan fingerprint density at radius 2 is 1.74 bits per heavy atom. The molecule has 2 aromatic rings. The van der Waals surface area contributed by atoms with Crippen LogP contribution in [0.1, 0.15) is 96.1 Å². The summed E-state index contributed by atoms with van der Waals surface area (Å²) in [5, 5.41) is 5.41. The molecule has 1 saturated heterocycles. The van der Waals surface area contributed by atoms with Crippen molar-refractivity contribution in [3.63, 3.8) is 0 Å². The summed E-state index contributed by atoms with van der Waals surface area (Å²) in [4.78, 5) is 64.8. The van der Waals surface area contributed by atoms with Crippen molar-refractivity contribution in [2.45, 2.75) is 131 Å². The van der Waals surface area contributed by atoms with Crippen LogP contribution in [-0.2, 0) is 35.3 Å². The Hall–Kier alpha value is -4.68. The van der Waals surface area contributed by atoms with Gasteiger partial charge in [-0.2, -0.15) is 13.2 Å². The minimum absolute atomic E-state index is 0.0415. The summed E-state index contributed by atoms with van der Waals surface area (Å²) in [5.41, 5.74) is -3.12. The third-order valence-corrected chi connectivity index (χ3v) is 13.9. The molecule has 7 rings (SSSR count). The molecule has 0 spiro atoms. The average molecular weight is 821 g/mol. The Kier molecular flexibility index (Phi) is 11.1. The van der Waals surface area contributed by atoms with E-state index in [4.69, 9.17) is 14.2 Å². The number of hydrogen-bond donors (Lipinski definition) is 3. The summed E-state index contributed by atoms with van der Waals surface area (Å²) >= 11 is 0. The molecule has 3 heterocycles. The standard InChI is InChI=1S/C38H47F3N6O9S/c1-36(16-17-36)57(52,53)46-34(50)37-20-22(37)10-6-4-3-5-7-13-27(44-35(51)56-23-11-8-9-12-23)33(49)47-21-25(19-29(47)31(48)45-37)55-32-30(38(39,40)41)42-26-15-14-24(54-2)18-28(26)43-32/h6,10,14-15,18,22-23,25,27,29H,3-5,7-9,11-13,16-17,19-21H2,1-2H3,(H,44,51)(H,45,48)(H,46,50)/b10-6-/t22?,25-,27+,29+,37-/m1/s1. The number of alkyl halides is 3. The highest BCUT2D eigenvalue weighted by Crippen LogP contribution is 2.47. The van der Waals surface area contributed by atoms with Crippen LogP contribution in [0.3, 0.4) is 0 Å². The number of fused-ring (bicyclic) bond motifs is 3. The van der Waals surface area contributed by atoms with E-state index in [1.807, 2.05) is 6.08 Å². The van der Waals surface area contributed by atoms with Crippen LogP contribution in [-0.4, -0.2) is 95.3 Å². The van der Waals surface area contributed by atoms with Crippen molar-refractivity contribution in [2.24, 2.45) is 5.92 Å². The largest absolute Gasteiger partial charge is 0.497 e. The first-order valence-electron chi connectivity index (χ1n) is 19.4. The Labute approximate surface area is 327 Å². The van der Waals surface area contributed by atoms with Gasteiger partial charge in [0.1, 0.15) is 35.6 Å². The van der Waals surface area contributed by atoms with E-state index in [0.29, 0.717) is 57.1 Å². The van der Waals surface area contributed by atoms with Crippen LogP contribution in [0, 0.1) is 5.92 Å². The van der Waals surface area contributed by atoms with Gasteiger partial charge in [-0.25, -0.2) is 23.2 Å². The monoisotopic (exact) mass is 820 g/mol. The van der Waals surface area contributed by atoms with Gasteiger partial charge in [0.25, 0.3) is 5.91 Å². The van der Waals surface area contributed by atoms with Gasteiger partial charge in [0.15, 0.2) is 0 Å². The van der Waals surface area contributed by atoms with E-state index >= 15 is 0 Å². The third-order valence-electron chi connectivity index (χ3n) is 11.7. The molecule has 57 heavy (non-hydrogen) atoms. The van der Waals surface area contributed by atoms with Crippen molar-refractivity contribution in [1.29, 1.82) is 0 Å². The maximum absolute atomic E-state index is 14.5. The van der Waals surface area contributed by atoms with Gasteiger partial charge in [0.05, 0.1) is 29.4 Å². The van der Waals surface area contributed by atoms with Crippen molar-refractivity contribution in [3.05, 3.63) is 36.0 Å². The van der Waals surface area contributed by atoms with Crippen molar-refractivity contribution in [2.75, 3.05) is 13.7 Å². The summed E-state index contributed by atoms with van der Waals surface area (Å²) in [6.07, 6.45) is 2.65. The maximum Gasteiger partial charge on any atom is 0.438 e. The van der Waals surface area contributed by atoms with Crippen molar-refractivity contribution < 1.29 is 55.0 Å². The Morgan fingerprint density at radius 3 is 2.44 bits per heavy atom. The topological polar surface area (TPSA) is 195 Å². The molecule has 0 radical (unpaired) electrons. The first kappa shape index (κ1) is 40.5. The molecule has 19 heteroatoms. The first-order valence-corrected chi connectivity index (χ1v) is 20.9. The van der Waals surface area contributed by atoms with E-state index in [2.05, 4.69) is 25.3 Å². The van der Waals surface area contributed by atoms with Gasteiger partial charge in [-0.05, 0) is 83.3 Å². The predicted molar refractivity (Wildman–Crippen MR) is 197 cm³/mol. The highest BCUT2D eigenvalue weighted by molar-refractivity contribution is 7.91. The molecule has 1 aromatic carbocycles. The molecule has 5 atom stereocenters. The van der Waals surface area contributed by atoms with Gasteiger partial charge >= 0.3 is 12.3 Å². The number of nitrogens with zero attached hydrogens (tertiary/aromatic N) is 3. The molecular formula is C38H47F3N6O9S. The zero-order valence-electron chi connectivity index (χ0n) is 31.7. The predicted octanol–water partition coefficient (Wildman–Crippen LogP) is 4.44. The molecule has 0 bridgehead atoms. The Morgan fingerprint density at radius 1 is 1.00 bits per heavy atom. The van der Waals surface area contributed by atoms with Gasteiger partial charge in [-0.3, -0.25) is 19.1 Å². The number of hydrogen-bond acceptors (Lipinski definition) is 11. The van der Waals surface area contributed by atoms with Crippen LogP contribution in [0.25, 0.3) is 11.0 Å². The summed E-state index contributed by atoms with van der Waals surface area (Å²) in [6.45, 7) is 1.13. The minimum Gasteiger partial charge on any atom is -0.497 e. The number of sulfonamides is 1. The molecule has 3 saturated carbocycles. The molecular weight excluding hydrogens is 774 g/mol. The van der Waals surface area contributed by atoms with Crippen LogP contribution in [0.5, 0.6) is 11.6 Å². The molecule has 1 aromatic heterocycles. The molecule has 3 aliphatic carbocycles. The smallest absolute Gasteiger partial charge is 0.438 e. The molecule has 4 fully saturated rings. The van der Waals surface area contributed by atoms with Crippen LogP contribution >= 0.6 is 0 Å². The second-order valence-corrected chi connectivity index (χ2v) is 18.1. The quantitative estimate of drug-likeness (QED) is 0.319. The van der Waals surface area contributed by atoms with Crippen LogP contribution in [0.15, 0.2) is 30.4 Å². The number of carbonyl (C=O) groups excluding carboxylic acids is 4. The molecule has 15 nitrogen and oxygen atoms in total.